The summed E-state index contributed by atoms with van der Waals surface area (Å²) in [5.74, 6) is -0.711. The van der Waals surface area contributed by atoms with Crippen LogP contribution in [0.15, 0.2) is 84.1 Å². The minimum atomic E-state index is -0.547. The quantitative estimate of drug-likeness (QED) is 0.0959. The minimum Gasteiger partial charge on any atom is -0.422 e. The van der Waals surface area contributed by atoms with Crippen LogP contribution in [0.4, 0.5) is 0 Å². The van der Waals surface area contributed by atoms with Crippen molar-refractivity contribution < 1.29 is 14.3 Å². The number of hydrazone groups is 1. The number of amides is 1. The Bertz CT molecular complexity index is 1700. The van der Waals surface area contributed by atoms with Crippen LogP contribution in [0.5, 0.6) is 5.75 Å². The Morgan fingerprint density at radius 3 is 2.68 bits per heavy atom. The molecule has 0 unspecified atom stereocenters. The second-order valence-electron chi connectivity index (χ2n) is 8.04. The summed E-state index contributed by atoms with van der Waals surface area (Å²) in [7, 11) is 0. The average molecular weight is 584 g/mol. The van der Waals surface area contributed by atoms with Crippen LogP contribution < -0.4 is 10.2 Å². The fourth-order valence-electron chi connectivity index (χ4n) is 3.58. The molecular formula is C27H17Cl3N4O3S. The third-order valence-corrected chi connectivity index (χ3v) is 7.63. The van der Waals surface area contributed by atoms with E-state index < -0.39 is 11.9 Å². The van der Waals surface area contributed by atoms with E-state index in [2.05, 4.69) is 15.6 Å². The van der Waals surface area contributed by atoms with Gasteiger partial charge in [0.1, 0.15) is 10.6 Å². The molecule has 0 fully saturated rings. The first-order valence-corrected chi connectivity index (χ1v) is 13.1. The summed E-state index contributed by atoms with van der Waals surface area (Å²) >= 11 is 19.8. The molecule has 1 amide bonds. The van der Waals surface area contributed by atoms with Gasteiger partial charge >= 0.3 is 5.97 Å². The Labute approximate surface area is 236 Å². The summed E-state index contributed by atoms with van der Waals surface area (Å²) in [6, 6.07) is 21.0. The molecule has 0 saturated carbocycles. The van der Waals surface area contributed by atoms with Crippen molar-refractivity contribution in [2.45, 2.75) is 6.54 Å². The smallest absolute Gasteiger partial charge is 0.355 e. The molecule has 0 aliphatic rings. The number of carbonyl (C=O) groups excluding carboxylic acids is 2. The molecule has 5 aromatic rings. The van der Waals surface area contributed by atoms with E-state index in [9.17, 15) is 9.59 Å². The molecule has 0 aliphatic heterocycles. The number of halogens is 3. The van der Waals surface area contributed by atoms with Crippen LogP contribution in [0.25, 0.3) is 10.1 Å². The van der Waals surface area contributed by atoms with Gasteiger partial charge in [-0.25, -0.2) is 10.2 Å². The number of ether oxygens (including phenoxy) is 1. The van der Waals surface area contributed by atoms with Crippen molar-refractivity contribution in [1.82, 2.24) is 15.2 Å². The van der Waals surface area contributed by atoms with E-state index in [1.807, 2.05) is 24.3 Å². The Morgan fingerprint density at radius 2 is 1.87 bits per heavy atom. The highest BCUT2D eigenvalue weighted by Crippen LogP contribution is 2.35. The lowest BCUT2D eigenvalue weighted by Gasteiger charge is -2.05. The highest BCUT2D eigenvalue weighted by atomic mass is 35.5. The highest BCUT2D eigenvalue weighted by Gasteiger charge is 2.19. The maximum atomic E-state index is 12.7. The predicted molar refractivity (Wildman–Crippen MR) is 151 cm³/mol. The van der Waals surface area contributed by atoms with Gasteiger partial charge in [0.25, 0.3) is 5.91 Å². The first-order valence-electron chi connectivity index (χ1n) is 11.2. The number of aromatic nitrogens is 2. The third kappa shape index (κ3) is 5.89. The molecule has 0 spiro atoms. The Kier molecular flexibility index (Phi) is 7.76. The summed E-state index contributed by atoms with van der Waals surface area (Å²) < 4.78 is 8.02. The highest BCUT2D eigenvalue weighted by molar-refractivity contribution is 7.21. The van der Waals surface area contributed by atoms with Crippen LogP contribution in [0.3, 0.4) is 0 Å². The van der Waals surface area contributed by atoms with Crippen LogP contribution in [0.2, 0.25) is 15.1 Å². The van der Waals surface area contributed by atoms with Crippen LogP contribution in [-0.2, 0) is 6.54 Å². The lowest BCUT2D eigenvalue weighted by atomic mass is 10.2. The molecule has 1 N–H and O–H groups in total. The SMILES string of the molecule is O=C(N/N=C/c1cccc(OC(=O)c2sc3ccccc3c2Cl)c1)c1ccn(Cc2ccc(Cl)cc2Cl)n1. The summed E-state index contributed by atoms with van der Waals surface area (Å²) in [6.07, 6.45) is 3.11. The Hall–Kier alpha value is -3.69. The van der Waals surface area contributed by atoms with Crippen molar-refractivity contribution in [3.05, 3.63) is 116 Å². The standard InChI is InChI=1S/C27H17Cl3N4O3S/c28-18-9-8-17(21(29)13-18)15-34-11-10-22(33-34)26(35)32-31-14-16-4-3-5-19(12-16)37-27(36)25-24(30)20-6-1-2-7-23(20)38-25/h1-14H,15H2,(H,32,35)/b31-14+. The number of carbonyl (C=O) groups is 2. The summed E-state index contributed by atoms with van der Waals surface area (Å²) in [6.45, 7) is 0.380. The number of fused-ring (bicyclic) bond motifs is 1. The monoisotopic (exact) mass is 582 g/mol. The van der Waals surface area contributed by atoms with Crippen LogP contribution in [0.1, 0.15) is 31.3 Å². The first kappa shape index (κ1) is 25.9. The maximum Gasteiger partial charge on any atom is 0.355 e. The van der Waals surface area contributed by atoms with Gasteiger partial charge in [0, 0.05) is 26.3 Å². The van der Waals surface area contributed by atoms with E-state index in [0.717, 1.165) is 15.6 Å². The van der Waals surface area contributed by atoms with Crippen molar-refractivity contribution in [3.63, 3.8) is 0 Å². The van der Waals surface area contributed by atoms with Crippen molar-refractivity contribution in [1.29, 1.82) is 0 Å². The van der Waals surface area contributed by atoms with E-state index in [1.54, 1.807) is 59.4 Å². The molecule has 190 valence electrons. The van der Waals surface area contributed by atoms with E-state index in [0.29, 0.717) is 37.8 Å². The van der Waals surface area contributed by atoms with Gasteiger partial charge in [-0.05, 0) is 47.5 Å². The molecular weight excluding hydrogens is 567 g/mol. The van der Waals surface area contributed by atoms with Gasteiger partial charge in [0.2, 0.25) is 0 Å². The van der Waals surface area contributed by atoms with E-state index in [-0.39, 0.29) is 5.69 Å². The van der Waals surface area contributed by atoms with E-state index >= 15 is 0 Å². The normalized spacial score (nSPS) is 11.2. The molecule has 38 heavy (non-hydrogen) atoms. The molecule has 2 heterocycles. The molecule has 0 atom stereocenters. The molecule has 2 aromatic heterocycles. The molecule has 7 nitrogen and oxygen atoms in total. The van der Waals surface area contributed by atoms with Gasteiger partial charge in [-0.15, -0.1) is 11.3 Å². The lowest BCUT2D eigenvalue weighted by Crippen LogP contribution is -2.18. The van der Waals surface area contributed by atoms with Gasteiger partial charge in [-0.2, -0.15) is 10.2 Å². The summed E-state index contributed by atoms with van der Waals surface area (Å²) in [4.78, 5) is 25.5. The summed E-state index contributed by atoms with van der Waals surface area (Å²) in [5.41, 5.74) is 4.06. The van der Waals surface area contributed by atoms with Crippen LogP contribution in [-0.4, -0.2) is 27.9 Å². The fraction of sp³-hybridized carbons (Fsp3) is 0.0370. The Balaban J connectivity index is 1.20. The molecule has 0 aliphatic carbocycles. The zero-order valence-corrected chi connectivity index (χ0v) is 22.5. The second-order valence-corrected chi connectivity index (χ2v) is 10.3. The number of nitrogens with zero attached hydrogens (tertiary/aromatic N) is 3. The molecule has 0 bridgehead atoms. The number of benzene rings is 3. The van der Waals surface area contributed by atoms with Crippen LogP contribution in [0, 0.1) is 0 Å². The van der Waals surface area contributed by atoms with Gasteiger partial charge in [-0.1, -0.05) is 71.2 Å². The number of nitrogens with one attached hydrogen (secondary N) is 1. The number of esters is 1. The zero-order chi connectivity index (χ0) is 26.6. The van der Waals surface area contributed by atoms with E-state index in [1.165, 1.54) is 17.6 Å². The Morgan fingerprint density at radius 1 is 1.03 bits per heavy atom. The molecule has 0 saturated heterocycles. The number of rotatable bonds is 7. The molecule has 5 rings (SSSR count). The van der Waals surface area contributed by atoms with Crippen molar-refractivity contribution in [2.24, 2.45) is 5.10 Å². The number of thiophene rings is 1. The maximum absolute atomic E-state index is 12.7. The minimum absolute atomic E-state index is 0.190. The van der Waals surface area contributed by atoms with Gasteiger partial charge in [-0.3, -0.25) is 9.48 Å². The van der Waals surface area contributed by atoms with E-state index in [4.69, 9.17) is 39.5 Å². The topological polar surface area (TPSA) is 85.6 Å². The molecule has 11 heteroatoms. The van der Waals surface area contributed by atoms with Gasteiger partial charge in [0.05, 0.1) is 17.8 Å². The summed E-state index contributed by atoms with van der Waals surface area (Å²) in [5, 5.41) is 10.5. The van der Waals surface area contributed by atoms with Gasteiger partial charge < -0.3 is 4.74 Å². The second kappa shape index (κ2) is 11.4. The largest absolute Gasteiger partial charge is 0.422 e. The van der Waals surface area contributed by atoms with Gasteiger partial charge in [0.15, 0.2) is 5.69 Å². The first-order chi connectivity index (χ1) is 18.4. The van der Waals surface area contributed by atoms with Crippen molar-refractivity contribution in [2.75, 3.05) is 0 Å². The fourth-order valence-corrected chi connectivity index (χ4v) is 5.43. The van der Waals surface area contributed by atoms with Crippen molar-refractivity contribution >= 4 is 74.3 Å². The van der Waals surface area contributed by atoms with Crippen molar-refractivity contribution in [3.8, 4) is 5.75 Å². The molecule has 0 radical (unpaired) electrons. The number of hydrogen-bond acceptors (Lipinski definition) is 6. The number of hydrogen-bond donors (Lipinski definition) is 1. The predicted octanol–water partition coefficient (Wildman–Crippen LogP) is 7.09. The lowest BCUT2D eigenvalue weighted by molar-refractivity contribution is 0.0740. The molecule has 3 aromatic carbocycles. The zero-order valence-electron chi connectivity index (χ0n) is 19.4. The average Bonchev–Trinajstić information content (AvgIpc) is 3.51. The van der Waals surface area contributed by atoms with Crippen LogP contribution >= 0.6 is 46.1 Å². The third-order valence-electron chi connectivity index (χ3n) is 5.39.